The zero-order valence-corrected chi connectivity index (χ0v) is 12.1. The zero-order chi connectivity index (χ0) is 14.7. The SMILES string of the molecule is C/C=C\c1cc(-c2ccc(C(C)=O)c(N)c2)oc1CC. The van der Waals surface area contributed by atoms with Crippen LogP contribution in [0, 0.1) is 0 Å². The van der Waals surface area contributed by atoms with Crippen LogP contribution in [0.25, 0.3) is 17.4 Å². The molecule has 0 saturated heterocycles. The van der Waals surface area contributed by atoms with Crippen LogP contribution in [0.1, 0.15) is 42.5 Å². The molecule has 0 aliphatic rings. The molecule has 0 spiro atoms. The Morgan fingerprint density at radius 3 is 2.65 bits per heavy atom. The van der Waals surface area contributed by atoms with E-state index in [1.54, 1.807) is 12.1 Å². The number of ketones is 1. The molecule has 20 heavy (non-hydrogen) atoms. The smallest absolute Gasteiger partial charge is 0.161 e. The average Bonchev–Trinajstić information content (AvgIpc) is 2.82. The number of allylic oxidation sites excluding steroid dienone is 1. The molecule has 104 valence electrons. The van der Waals surface area contributed by atoms with Gasteiger partial charge in [0.05, 0.1) is 0 Å². The van der Waals surface area contributed by atoms with Crippen molar-refractivity contribution < 1.29 is 9.21 Å². The fraction of sp³-hybridized carbons (Fsp3) is 0.235. The molecule has 0 saturated carbocycles. The third-order valence-electron chi connectivity index (χ3n) is 3.22. The molecule has 0 amide bonds. The summed E-state index contributed by atoms with van der Waals surface area (Å²) in [7, 11) is 0. The van der Waals surface area contributed by atoms with Gasteiger partial charge in [0.1, 0.15) is 11.5 Å². The molecule has 1 heterocycles. The minimum atomic E-state index is -0.0302. The van der Waals surface area contributed by atoms with Crippen LogP contribution in [-0.4, -0.2) is 5.78 Å². The summed E-state index contributed by atoms with van der Waals surface area (Å²) in [5, 5.41) is 0. The Morgan fingerprint density at radius 2 is 2.10 bits per heavy atom. The van der Waals surface area contributed by atoms with Gasteiger partial charge in [-0.3, -0.25) is 4.79 Å². The number of hydrogen-bond acceptors (Lipinski definition) is 3. The summed E-state index contributed by atoms with van der Waals surface area (Å²) in [5.41, 5.74) is 8.92. The molecule has 0 radical (unpaired) electrons. The molecule has 2 aromatic rings. The second-order valence-corrected chi connectivity index (χ2v) is 4.70. The topological polar surface area (TPSA) is 56.2 Å². The summed E-state index contributed by atoms with van der Waals surface area (Å²) < 4.78 is 5.87. The van der Waals surface area contributed by atoms with E-state index in [-0.39, 0.29) is 5.78 Å². The molecule has 3 nitrogen and oxygen atoms in total. The molecule has 2 rings (SSSR count). The number of nitrogens with two attached hydrogens (primary N) is 1. The second-order valence-electron chi connectivity index (χ2n) is 4.70. The lowest BCUT2D eigenvalue weighted by atomic mass is 10.0. The molecule has 0 fully saturated rings. The van der Waals surface area contributed by atoms with Crippen LogP contribution in [0.5, 0.6) is 0 Å². The molecule has 0 unspecified atom stereocenters. The minimum absolute atomic E-state index is 0.0302. The van der Waals surface area contributed by atoms with E-state index in [0.29, 0.717) is 11.3 Å². The number of Topliss-reactive ketones (excluding diaryl/α,β-unsaturated/α-hetero) is 1. The fourth-order valence-electron chi connectivity index (χ4n) is 2.22. The normalized spacial score (nSPS) is 11.2. The number of carbonyl (C=O) groups excluding carboxylic acids is 1. The van der Waals surface area contributed by atoms with Crippen LogP contribution in [0.4, 0.5) is 5.69 Å². The van der Waals surface area contributed by atoms with Crippen molar-refractivity contribution in [3.63, 3.8) is 0 Å². The lowest BCUT2D eigenvalue weighted by molar-refractivity contribution is 0.101. The van der Waals surface area contributed by atoms with Crippen LogP contribution in [0.3, 0.4) is 0 Å². The molecule has 0 aliphatic carbocycles. The van der Waals surface area contributed by atoms with E-state index in [0.717, 1.165) is 29.1 Å². The van der Waals surface area contributed by atoms with Crippen LogP contribution >= 0.6 is 0 Å². The Hall–Kier alpha value is -2.29. The van der Waals surface area contributed by atoms with E-state index < -0.39 is 0 Å². The highest BCUT2D eigenvalue weighted by Crippen LogP contribution is 2.29. The van der Waals surface area contributed by atoms with Crippen molar-refractivity contribution in [2.75, 3.05) is 5.73 Å². The predicted molar refractivity (Wildman–Crippen MR) is 82.6 cm³/mol. The van der Waals surface area contributed by atoms with Crippen LogP contribution < -0.4 is 5.73 Å². The molecule has 1 aromatic heterocycles. The fourth-order valence-corrected chi connectivity index (χ4v) is 2.22. The molecule has 0 aliphatic heterocycles. The number of aryl methyl sites for hydroxylation is 1. The number of rotatable bonds is 4. The van der Waals surface area contributed by atoms with Crippen LogP contribution in [-0.2, 0) is 6.42 Å². The quantitative estimate of drug-likeness (QED) is 0.664. The Kier molecular flexibility index (Phi) is 4.08. The average molecular weight is 269 g/mol. The van der Waals surface area contributed by atoms with E-state index >= 15 is 0 Å². The van der Waals surface area contributed by atoms with Crippen LogP contribution in [0.2, 0.25) is 0 Å². The summed E-state index contributed by atoms with van der Waals surface area (Å²) in [4.78, 5) is 11.4. The maximum absolute atomic E-state index is 11.4. The van der Waals surface area contributed by atoms with Gasteiger partial charge in [0.25, 0.3) is 0 Å². The van der Waals surface area contributed by atoms with Gasteiger partial charge in [-0.15, -0.1) is 0 Å². The van der Waals surface area contributed by atoms with Crippen LogP contribution in [0.15, 0.2) is 34.8 Å². The highest BCUT2D eigenvalue weighted by Gasteiger charge is 2.12. The first-order chi connectivity index (χ1) is 9.56. The molecule has 2 N–H and O–H groups in total. The molecule has 0 bridgehead atoms. The van der Waals surface area contributed by atoms with Gasteiger partial charge in [-0.2, -0.15) is 0 Å². The number of hydrogen-bond donors (Lipinski definition) is 1. The number of anilines is 1. The van der Waals surface area contributed by atoms with Crippen molar-refractivity contribution in [3.05, 3.63) is 47.2 Å². The first-order valence-corrected chi connectivity index (χ1v) is 6.73. The standard InChI is InChI=1S/C17H19NO2/c1-4-6-12-10-17(20-16(12)5-2)13-7-8-14(11(3)19)15(18)9-13/h4,6-10H,5,18H2,1-3H3/b6-4-. The number of carbonyl (C=O) groups is 1. The Labute approximate surface area is 119 Å². The van der Waals surface area contributed by atoms with Crippen molar-refractivity contribution >= 4 is 17.5 Å². The van der Waals surface area contributed by atoms with E-state index in [2.05, 4.69) is 6.92 Å². The third kappa shape index (κ3) is 2.67. The van der Waals surface area contributed by atoms with Gasteiger partial charge in [-0.05, 0) is 32.0 Å². The van der Waals surface area contributed by atoms with Crippen molar-refractivity contribution in [2.24, 2.45) is 0 Å². The third-order valence-corrected chi connectivity index (χ3v) is 3.22. The second kappa shape index (κ2) is 5.78. The minimum Gasteiger partial charge on any atom is -0.460 e. The molecule has 0 atom stereocenters. The Bertz CT molecular complexity index is 666. The van der Waals surface area contributed by atoms with E-state index in [1.165, 1.54) is 6.92 Å². The lowest BCUT2D eigenvalue weighted by Crippen LogP contribution is -1.99. The first kappa shape index (κ1) is 14.1. The largest absolute Gasteiger partial charge is 0.460 e. The van der Waals surface area contributed by atoms with Gasteiger partial charge in [-0.25, -0.2) is 0 Å². The molecule has 3 heteroatoms. The van der Waals surface area contributed by atoms with E-state index in [9.17, 15) is 4.79 Å². The monoisotopic (exact) mass is 269 g/mol. The summed E-state index contributed by atoms with van der Waals surface area (Å²) >= 11 is 0. The highest BCUT2D eigenvalue weighted by molar-refractivity contribution is 5.99. The van der Waals surface area contributed by atoms with Gasteiger partial charge < -0.3 is 10.2 Å². The summed E-state index contributed by atoms with van der Waals surface area (Å²) in [6, 6.07) is 7.40. The zero-order valence-electron chi connectivity index (χ0n) is 12.1. The summed E-state index contributed by atoms with van der Waals surface area (Å²) in [5.74, 6) is 1.70. The lowest BCUT2D eigenvalue weighted by Gasteiger charge is -2.04. The van der Waals surface area contributed by atoms with Gasteiger partial charge in [-0.1, -0.05) is 25.1 Å². The first-order valence-electron chi connectivity index (χ1n) is 6.73. The van der Waals surface area contributed by atoms with Crippen molar-refractivity contribution in [3.8, 4) is 11.3 Å². The Balaban J connectivity index is 2.46. The van der Waals surface area contributed by atoms with Crippen molar-refractivity contribution in [2.45, 2.75) is 27.2 Å². The van der Waals surface area contributed by atoms with Gasteiger partial charge in [0.15, 0.2) is 5.78 Å². The molecular formula is C17H19NO2. The van der Waals surface area contributed by atoms with E-state index in [1.807, 2.05) is 31.2 Å². The maximum atomic E-state index is 11.4. The Morgan fingerprint density at radius 1 is 1.35 bits per heavy atom. The van der Waals surface area contributed by atoms with Gasteiger partial charge in [0.2, 0.25) is 0 Å². The van der Waals surface area contributed by atoms with E-state index in [4.69, 9.17) is 10.2 Å². The molecule has 1 aromatic carbocycles. The summed E-state index contributed by atoms with van der Waals surface area (Å²) in [6.07, 6.45) is 4.85. The van der Waals surface area contributed by atoms with Crippen molar-refractivity contribution in [1.29, 1.82) is 0 Å². The maximum Gasteiger partial charge on any atom is 0.161 e. The molecular weight excluding hydrogens is 250 g/mol. The predicted octanol–water partition coefficient (Wildman–Crippen LogP) is 4.33. The number of furan rings is 1. The highest BCUT2D eigenvalue weighted by atomic mass is 16.3. The van der Waals surface area contributed by atoms with Gasteiger partial charge >= 0.3 is 0 Å². The van der Waals surface area contributed by atoms with Gasteiger partial charge in [0, 0.05) is 28.8 Å². The number of benzene rings is 1. The van der Waals surface area contributed by atoms with Crippen molar-refractivity contribution in [1.82, 2.24) is 0 Å². The summed E-state index contributed by atoms with van der Waals surface area (Å²) in [6.45, 7) is 5.55. The number of nitrogen functional groups attached to an aromatic ring is 1.